The molecule has 4 aromatic carbocycles. The van der Waals surface area contributed by atoms with Crippen LogP contribution in [0.3, 0.4) is 0 Å². The molecule has 0 saturated heterocycles. The van der Waals surface area contributed by atoms with Crippen molar-refractivity contribution in [1.82, 2.24) is 66.5 Å². The number of thiazole rings is 1. The Labute approximate surface area is 829 Å². The zero-order valence-electron chi connectivity index (χ0n) is 86.1. The normalized spacial score (nSPS) is 13.5. The first-order valence-corrected chi connectivity index (χ1v) is 56.4. The lowest BCUT2D eigenvalue weighted by Crippen LogP contribution is -2.52. The monoisotopic (exact) mass is 2040 g/mol. The number of amides is 4. The minimum Gasteiger partial charge on any atom is -0.464 e. The number of sulfonamides is 5. The molecule has 0 fully saturated rings. The predicted octanol–water partition coefficient (Wildman–Crippen LogP) is 17.5. The Morgan fingerprint density at radius 1 is 0.388 bits per heavy atom. The average Bonchev–Trinajstić information content (AvgIpc) is 1.71. The van der Waals surface area contributed by atoms with Crippen LogP contribution in [0.25, 0.3) is 43.9 Å². The molecule has 38 heteroatoms. The van der Waals surface area contributed by atoms with Gasteiger partial charge >= 0.3 is 0 Å². The largest absolute Gasteiger partial charge is 0.464 e. The molecule has 0 aliphatic heterocycles. The van der Waals surface area contributed by atoms with Crippen LogP contribution in [-0.2, 0) is 103 Å². The number of hydrogen-bond donors (Lipinski definition) is 2. The second-order valence-electron chi connectivity index (χ2n) is 40.6. The van der Waals surface area contributed by atoms with Crippen LogP contribution in [0.4, 0.5) is 0 Å². The second kappa shape index (κ2) is 50.5. The number of rotatable bonds is 46. The van der Waals surface area contributed by atoms with E-state index in [1.807, 2.05) is 125 Å². The number of carbonyl (C=O) groups excluding carboxylic acids is 4. The van der Waals surface area contributed by atoms with Crippen LogP contribution in [0.5, 0.6) is 0 Å². The number of hydrogen-bond acceptors (Lipinski definition) is 22. The molecule has 4 amide bonds. The van der Waals surface area contributed by atoms with E-state index in [9.17, 15) is 61.3 Å². The summed E-state index contributed by atoms with van der Waals surface area (Å²) >= 11 is 1.47. The lowest BCUT2D eigenvalue weighted by atomic mass is 10.0. The summed E-state index contributed by atoms with van der Waals surface area (Å²) in [4.78, 5) is 67.0. The summed E-state index contributed by atoms with van der Waals surface area (Å²) in [6, 6.07) is 25.6. The molecule has 11 rings (SSSR count). The Kier molecular flexibility index (Phi) is 41.7. The van der Waals surface area contributed by atoms with Gasteiger partial charge in [-0.3, -0.25) is 28.5 Å². The maximum absolute atomic E-state index is 14.3. The SMILES string of the molecule is CC(C)CN(CC(C)C)C(=O)[C@H](C)NS(=O)(=O)c1ccc2occc2c1.Cc1cc(CN(CC[C@H](NS(=O)(=O)c2ccc3occc3c2)C(=O)N(CC(C)C)CC(C)C)S(C)(=O)=O)nn1C.Cc1cc(CN([C@@H](CC(C)C)C(=O)N(CC(C)C)CC(C)C)S(=O)(=O)c2ccc3occc3c2)n(C)n1.Cc1nc(CN([C@@H](CC(C)C)C(=O)N(CC(C)C)CC(C)C)S(=O)(=O)c2ccc3occc3c2)cs1. The van der Waals surface area contributed by atoms with Gasteiger partial charge < -0.3 is 37.3 Å². The fraction of sp³-hybridized carbons (Fsp3) is 0.554. The summed E-state index contributed by atoms with van der Waals surface area (Å²) in [7, 11) is -16.1. The Hall–Kier alpha value is -9.48. The number of carbonyl (C=O) groups is 4. The maximum Gasteiger partial charge on any atom is 0.244 e. The first-order valence-electron chi connectivity index (χ1n) is 47.8. The molecule has 0 unspecified atom stereocenters. The molecule has 2 N–H and O–H groups in total. The molecular weight excluding hydrogens is 1890 g/mol. The van der Waals surface area contributed by atoms with Gasteiger partial charge in [-0.1, -0.05) is 138 Å². The molecule has 11 aromatic rings. The highest BCUT2D eigenvalue weighted by atomic mass is 32.2. The van der Waals surface area contributed by atoms with Gasteiger partial charge in [-0.25, -0.2) is 47.1 Å². The summed E-state index contributed by atoms with van der Waals surface area (Å²) in [5, 5.41) is 14.2. The third-order valence-electron chi connectivity index (χ3n) is 22.5. The second-order valence-corrected chi connectivity index (χ2v) is 50.8. The van der Waals surface area contributed by atoms with Crippen LogP contribution in [0.1, 0.15) is 198 Å². The zero-order valence-corrected chi connectivity index (χ0v) is 91.0. The molecule has 0 spiro atoms. The average molecular weight is 2040 g/mol. The fourth-order valence-electron chi connectivity index (χ4n) is 16.4. The van der Waals surface area contributed by atoms with Crippen LogP contribution in [0.2, 0.25) is 0 Å². The van der Waals surface area contributed by atoms with Gasteiger partial charge in [0, 0.05) is 106 Å². The number of fused-ring (bicyclic) bond motifs is 4. The van der Waals surface area contributed by atoms with Crippen LogP contribution in [0.15, 0.2) is 177 Å². The summed E-state index contributed by atoms with van der Waals surface area (Å²) in [6.07, 6.45) is 7.92. The van der Waals surface area contributed by atoms with E-state index in [1.165, 1.54) is 67.5 Å². The number of aryl methyl sites for hydroxylation is 5. The first-order chi connectivity index (χ1) is 64.8. The smallest absolute Gasteiger partial charge is 0.244 e. The van der Waals surface area contributed by atoms with Crippen molar-refractivity contribution in [2.24, 2.45) is 73.3 Å². The van der Waals surface area contributed by atoms with Crippen LogP contribution < -0.4 is 9.44 Å². The Balaban J connectivity index is 0.000000229. The van der Waals surface area contributed by atoms with E-state index in [0.717, 1.165) is 28.3 Å². The molecule has 0 saturated carbocycles. The van der Waals surface area contributed by atoms with Crippen molar-refractivity contribution in [2.75, 3.05) is 65.2 Å². The van der Waals surface area contributed by atoms with E-state index in [0.29, 0.717) is 132 Å². The van der Waals surface area contributed by atoms with Gasteiger partial charge in [-0.15, -0.1) is 11.3 Å². The van der Waals surface area contributed by atoms with Gasteiger partial charge in [0.25, 0.3) is 0 Å². The van der Waals surface area contributed by atoms with E-state index in [1.54, 1.807) is 125 Å². The standard InChI is InChI=1S/C28H42N4O4S.C27H41N5O6S2.C27H39N3O4S2.C19H28N2O4S/c1-19(2)13-26(28(33)31(16-20(3)4)17-21(5)6)32(18-24-14-22(7)29-30(24)8)37(34,35)25-9-10-27-23(15-25)11-12-36-27;1-19(2)16-31(17-20(3)4)27(33)25(29-40(36,37)24-8-9-26-22(15-24)11-13-38-26)10-12-32(39(7,34)35)18-23-14-21(5)30(6)28-23;1-18(2)12-25(27(31)29(14-19(3)4)15-20(5)6)30(16-23-17-35-21(7)28-23)36(32,33)24-8-9-26-22(13-24)10-11-34-26;1-13(2)11-21(12-14(3)4)19(22)15(5)20-26(23,24)17-6-7-18-16(10-17)8-9-25-18/h9-12,14-15,19-21,26H,13,16-18H2,1-8H3;8-9,11,13-15,19-20,25,29H,10,12,16-18H2,1-7H3;8-11,13,17-20,25H,12,14-16H2,1-7H3;6-10,13-15,20H,11-12H2,1-5H3/t26-;2*25-;15-/m0000/s1. The maximum atomic E-state index is 14.3. The molecule has 0 aliphatic carbocycles. The van der Waals surface area contributed by atoms with Crippen molar-refractivity contribution < 1.29 is 78.9 Å². The minimum absolute atomic E-state index is 0.00698. The number of nitrogens with zero attached hydrogens (tertiary/aromatic N) is 12. The minimum atomic E-state index is -4.13. The van der Waals surface area contributed by atoms with Gasteiger partial charge in [0.15, 0.2) is 0 Å². The Morgan fingerprint density at radius 3 is 1.06 bits per heavy atom. The topological polar surface area (TPSA) is 387 Å². The highest BCUT2D eigenvalue weighted by molar-refractivity contribution is 7.90. The Morgan fingerprint density at radius 2 is 0.734 bits per heavy atom. The number of nitrogens with one attached hydrogen (secondary N) is 2. The molecule has 4 atom stereocenters. The summed E-state index contributed by atoms with van der Waals surface area (Å²) in [5.41, 5.74) is 5.99. The van der Waals surface area contributed by atoms with E-state index in [-0.39, 0.29) is 117 Å². The van der Waals surface area contributed by atoms with Crippen molar-refractivity contribution in [2.45, 2.75) is 249 Å². The number of benzene rings is 4. The van der Waals surface area contributed by atoms with E-state index < -0.39 is 80.2 Å². The third-order valence-corrected chi connectivity index (χ3v) is 31.2. The van der Waals surface area contributed by atoms with Gasteiger partial charge in [0.2, 0.25) is 73.7 Å². The van der Waals surface area contributed by atoms with Gasteiger partial charge in [-0.05, 0) is 215 Å². The molecule has 0 aliphatic rings. The molecular formula is C101H150N14O18S6. The highest BCUT2D eigenvalue weighted by Crippen LogP contribution is 2.34. The number of furan rings is 4. The van der Waals surface area contributed by atoms with Crippen molar-refractivity contribution in [3.05, 3.63) is 173 Å². The van der Waals surface area contributed by atoms with E-state index in [4.69, 9.17) is 17.7 Å². The summed E-state index contributed by atoms with van der Waals surface area (Å²) < 4.78 is 169. The van der Waals surface area contributed by atoms with Crippen molar-refractivity contribution in [3.8, 4) is 0 Å². The van der Waals surface area contributed by atoms with Crippen LogP contribution in [-0.4, -0.2) is 212 Å². The van der Waals surface area contributed by atoms with E-state index >= 15 is 0 Å². The zero-order chi connectivity index (χ0) is 103. The molecule has 7 heterocycles. The fourth-order valence-corrected chi connectivity index (χ4v) is 23.5. The third kappa shape index (κ3) is 33.3. The molecule has 139 heavy (non-hydrogen) atoms. The molecule has 0 bridgehead atoms. The quantitative estimate of drug-likeness (QED) is 0.0358. The first kappa shape index (κ1) is 115. The van der Waals surface area contributed by atoms with Crippen molar-refractivity contribution in [3.63, 3.8) is 0 Å². The Bertz CT molecular complexity index is 6420. The van der Waals surface area contributed by atoms with Gasteiger partial charge in [0.1, 0.15) is 40.5 Å². The van der Waals surface area contributed by atoms with E-state index in [2.05, 4.69) is 80.0 Å². The predicted molar refractivity (Wildman–Crippen MR) is 548 cm³/mol. The summed E-state index contributed by atoms with van der Waals surface area (Å²) in [5.74, 6) is 1.31. The lowest BCUT2D eigenvalue weighted by Gasteiger charge is -2.36. The van der Waals surface area contributed by atoms with Gasteiger partial charge in [0.05, 0.1) is 104 Å². The summed E-state index contributed by atoms with van der Waals surface area (Å²) in [6.45, 7) is 52.4. The van der Waals surface area contributed by atoms with Gasteiger partial charge in [-0.2, -0.15) is 32.6 Å². The van der Waals surface area contributed by atoms with Crippen molar-refractivity contribution >= 4 is 129 Å². The molecule has 32 nitrogen and oxygen atoms in total. The van der Waals surface area contributed by atoms with Crippen LogP contribution >= 0.6 is 11.3 Å². The molecule has 7 aromatic heterocycles. The molecule has 768 valence electrons. The van der Waals surface area contributed by atoms with Crippen LogP contribution in [0, 0.1) is 80.0 Å². The number of aromatic nitrogens is 5. The lowest BCUT2D eigenvalue weighted by molar-refractivity contribution is -0.137. The highest BCUT2D eigenvalue weighted by Gasteiger charge is 2.43. The molecule has 0 radical (unpaired) electrons. The van der Waals surface area contributed by atoms with Crippen molar-refractivity contribution in [1.29, 1.82) is 0 Å².